The summed E-state index contributed by atoms with van der Waals surface area (Å²) in [4.78, 5) is 51.7. The first-order valence-electron chi connectivity index (χ1n) is 16.7. The van der Waals surface area contributed by atoms with Crippen molar-refractivity contribution >= 4 is 40.0 Å². The number of amides is 2. The zero-order valence-corrected chi connectivity index (χ0v) is 28.6. The summed E-state index contributed by atoms with van der Waals surface area (Å²) in [6.45, 7) is 6.87. The van der Waals surface area contributed by atoms with E-state index in [1.807, 2.05) is 30.4 Å². The fourth-order valence-corrected chi connectivity index (χ4v) is 8.02. The Balaban J connectivity index is 1.36. The van der Waals surface area contributed by atoms with Crippen molar-refractivity contribution < 1.29 is 29.0 Å². The Labute approximate surface area is 279 Å². The molecule has 2 fully saturated rings. The number of aromatic nitrogens is 2. The molecule has 2 amide bonds. The number of pyridine rings is 1. The maximum Gasteiger partial charge on any atom is 0.330 e. The van der Waals surface area contributed by atoms with Gasteiger partial charge >= 0.3 is 5.97 Å². The highest BCUT2D eigenvalue weighted by molar-refractivity contribution is 7.13. The number of carboxylic acids is 1. The molecule has 11 heteroatoms. The first-order chi connectivity index (χ1) is 22.6. The van der Waals surface area contributed by atoms with E-state index in [1.165, 1.54) is 11.3 Å². The molecule has 1 aliphatic heterocycles. The number of carboxylic acid groups (broad SMARTS) is 1. The summed E-state index contributed by atoms with van der Waals surface area (Å²) in [6, 6.07) is 5.76. The lowest BCUT2D eigenvalue weighted by atomic mass is 9.93. The molecule has 2 unspecified atom stereocenters. The third kappa shape index (κ3) is 6.34. The minimum absolute atomic E-state index is 0.108. The number of aryl methyl sites for hydroxylation is 1. The third-order valence-electron chi connectivity index (χ3n) is 9.98. The van der Waals surface area contributed by atoms with Crippen LogP contribution in [0.5, 0.6) is 11.5 Å². The summed E-state index contributed by atoms with van der Waals surface area (Å²) in [6.07, 6.45) is 7.67. The normalized spacial score (nSPS) is 27.1. The van der Waals surface area contributed by atoms with Crippen LogP contribution in [0.25, 0.3) is 21.6 Å². The molecular weight excluding hydrogens is 616 g/mol. The number of carbonyl (C=O) groups is 3. The molecule has 5 atom stereocenters. The molecule has 47 heavy (non-hydrogen) atoms. The molecule has 1 aromatic carbocycles. The number of allylic oxidation sites excluding steroid dienone is 1. The van der Waals surface area contributed by atoms with Gasteiger partial charge in [-0.2, -0.15) is 0 Å². The third-order valence-corrected chi connectivity index (χ3v) is 10.9. The molecule has 3 heterocycles. The van der Waals surface area contributed by atoms with Gasteiger partial charge in [0, 0.05) is 41.9 Å². The molecule has 3 aromatic rings. The van der Waals surface area contributed by atoms with Crippen LogP contribution in [0.1, 0.15) is 76.5 Å². The lowest BCUT2D eigenvalue weighted by Crippen LogP contribution is -2.49. The number of hydrogen-bond acceptors (Lipinski definition) is 8. The van der Waals surface area contributed by atoms with Crippen LogP contribution >= 0.6 is 11.3 Å². The van der Waals surface area contributed by atoms with Crippen LogP contribution in [0, 0.1) is 17.8 Å². The van der Waals surface area contributed by atoms with Crippen LogP contribution in [0.2, 0.25) is 0 Å². The van der Waals surface area contributed by atoms with E-state index < -0.39 is 35.4 Å². The van der Waals surface area contributed by atoms with Gasteiger partial charge in [0.05, 0.1) is 30.2 Å². The van der Waals surface area contributed by atoms with Crippen molar-refractivity contribution in [2.75, 3.05) is 20.7 Å². The highest BCUT2D eigenvalue weighted by Crippen LogP contribution is 2.47. The number of rotatable bonds is 7. The molecule has 250 valence electrons. The zero-order valence-electron chi connectivity index (χ0n) is 27.7. The van der Waals surface area contributed by atoms with Gasteiger partial charge in [0.25, 0.3) is 0 Å². The van der Waals surface area contributed by atoms with Crippen LogP contribution in [-0.4, -0.2) is 70.1 Å². The second-order valence-electron chi connectivity index (χ2n) is 13.4. The molecule has 0 bridgehead atoms. The summed E-state index contributed by atoms with van der Waals surface area (Å²) >= 11 is 1.54. The van der Waals surface area contributed by atoms with E-state index in [9.17, 15) is 19.5 Å². The Morgan fingerprint density at radius 3 is 2.66 bits per heavy atom. The predicted molar refractivity (Wildman–Crippen MR) is 181 cm³/mol. The lowest BCUT2D eigenvalue weighted by Gasteiger charge is -2.26. The quantitative estimate of drug-likeness (QED) is 0.296. The molecule has 0 spiro atoms. The van der Waals surface area contributed by atoms with Crippen LogP contribution in [0.4, 0.5) is 0 Å². The topological polar surface area (TPSA) is 131 Å². The minimum Gasteiger partial charge on any atom is -0.496 e. The van der Waals surface area contributed by atoms with Gasteiger partial charge in [-0.3, -0.25) is 9.59 Å². The smallest absolute Gasteiger partial charge is 0.330 e. The van der Waals surface area contributed by atoms with Crippen LogP contribution in [0.15, 0.2) is 35.7 Å². The average molecular weight is 661 g/mol. The van der Waals surface area contributed by atoms with Crippen LogP contribution in [0.3, 0.4) is 0 Å². The standard InChI is InChI=1S/C36H44N4O6S/c1-6-23-29(45-5)13-12-24-30(17-27(37-31(23)24)33-38-28(19-47-33)20(2)3)46-22-15-25-26(16-22)34(42)40(4)14-10-8-7-9-11-21-18-36(21,35(43)44)39-32(25)41/h9,11-13,17,19-22,25-26H,6-8,10,14-16,18H2,1-5H3,(H,39,41)(H,43,44)/b11-9-/t21?,22-,25+,26?,36+/m0/s1. The molecule has 0 saturated heterocycles. The number of methoxy groups -OCH3 is 1. The van der Waals surface area contributed by atoms with Gasteiger partial charge in [0.15, 0.2) is 0 Å². The monoisotopic (exact) mass is 660 g/mol. The zero-order chi connectivity index (χ0) is 33.5. The van der Waals surface area contributed by atoms with Crippen molar-refractivity contribution in [3.63, 3.8) is 0 Å². The van der Waals surface area contributed by atoms with Gasteiger partial charge in [-0.25, -0.2) is 14.8 Å². The number of nitrogens with zero attached hydrogens (tertiary/aromatic N) is 3. The van der Waals surface area contributed by atoms with E-state index >= 15 is 0 Å². The van der Waals surface area contributed by atoms with E-state index in [-0.39, 0.29) is 24.2 Å². The summed E-state index contributed by atoms with van der Waals surface area (Å²) in [5, 5.41) is 16.6. The van der Waals surface area contributed by atoms with Gasteiger partial charge in [-0.15, -0.1) is 11.3 Å². The van der Waals surface area contributed by atoms with Crippen molar-refractivity contribution in [1.82, 2.24) is 20.2 Å². The molecular formula is C36H44N4O6S. The maximum absolute atomic E-state index is 13.9. The molecule has 0 radical (unpaired) electrons. The molecule has 10 nitrogen and oxygen atoms in total. The molecule has 2 aliphatic carbocycles. The molecule has 2 N–H and O–H groups in total. The molecule has 2 aromatic heterocycles. The average Bonchev–Trinajstić information content (AvgIpc) is 3.36. The van der Waals surface area contributed by atoms with E-state index in [0.717, 1.165) is 52.2 Å². The molecule has 3 aliphatic rings. The van der Waals surface area contributed by atoms with Crippen molar-refractivity contribution in [3.8, 4) is 22.2 Å². The number of thiazole rings is 1. The largest absolute Gasteiger partial charge is 0.496 e. The first kappa shape index (κ1) is 32.9. The Hall–Kier alpha value is -3.99. The van der Waals surface area contributed by atoms with Crippen molar-refractivity contribution in [2.45, 2.75) is 83.3 Å². The van der Waals surface area contributed by atoms with Gasteiger partial charge in [0.1, 0.15) is 33.8 Å². The minimum atomic E-state index is -1.33. The summed E-state index contributed by atoms with van der Waals surface area (Å²) in [5.41, 5.74) is 2.08. The summed E-state index contributed by atoms with van der Waals surface area (Å²) in [7, 11) is 3.43. The van der Waals surface area contributed by atoms with E-state index in [1.54, 1.807) is 19.1 Å². The van der Waals surface area contributed by atoms with E-state index in [2.05, 4.69) is 31.5 Å². The Morgan fingerprint density at radius 1 is 1.17 bits per heavy atom. The fraction of sp³-hybridized carbons (Fsp3) is 0.528. The number of fused-ring (bicyclic) bond motifs is 3. The molecule has 6 rings (SSSR count). The van der Waals surface area contributed by atoms with Crippen molar-refractivity contribution in [2.24, 2.45) is 17.8 Å². The van der Waals surface area contributed by atoms with E-state index in [4.69, 9.17) is 19.4 Å². The number of hydrogen-bond donors (Lipinski definition) is 2. The Kier molecular flexibility index (Phi) is 9.29. The van der Waals surface area contributed by atoms with Crippen molar-refractivity contribution in [1.29, 1.82) is 0 Å². The first-order valence-corrected chi connectivity index (χ1v) is 17.5. The van der Waals surface area contributed by atoms with Gasteiger partial charge in [0.2, 0.25) is 11.8 Å². The number of carbonyl (C=O) groups excluding carboxylic acids is 2. The van der Waals surface area contributed by atoms with Crippen LogP contribution in [-0.2, 0) is 20.8 Å². The Bertz CT molecular complexity index is 1720. The molecule has 2 saturated carbocycles. The van der Waals surface area contributed by atoms with Gasteiger partial charge in [-0.05, 0) is 63.0 Å². The number of nitrogens with one attached hydrogen (secondary N) is 1. The number of ether oxygens (including phenoxy) is 2. The fourth-order valence-electron chi connectivity index (χ4n) is 7.08. The summed E-state index contributed by atoms with van der Waals surface area (Å²) < 4.78 is 12.4. The van der Waals surface area contributed by atoms with Crippen LogP contribution < -0.4 is 14.8 Å². The second kappa shape index (κ2) is 13.3. The predicted octanol–water partition coefficient (Wildman–Crippen LogP) is 5.98. The second-order valence-corrected chi connectivity index (χ2v) is 14.3. The highest BCUT2D eigenvalue weighted by Gasteiger charge is 2.61. The lowest BCUT2D eigenvalue weighted by molar-refractivity contribution is -0.145. The van der Waals surface area contributed by atoms with Gasteiger partial charge in [-0.1, -0.05) is 32.9 Å². The van der Waals surface area contributed by atoms with Gasteiger partial charge < -0.3 is 24.8 Å². The summed E-state index contributed by atoms with van der Waals surface area (Å²) in [5.74, 6) is -1.53. The Morgan fingerprint density at radius 2 is 1.96 bits per heavy atom. The number of aliphatic carboxylic acids is 1. The SMILES string of the molecule is CCc1c(OC)ccc2c(O[C@@H]3CC4C(=O)N(C)CCCC/C=C\C5C[C@@]5(C(=O)O)NC(=O)[C@@H]4C3)cc(-c3nc(C(C)C)cs3)nc12. The maximum atomic E-state index is 13.9. The van der Waals surface area contributed by atoms with Crippen molar-refractivity contribution in [3.05, 3.63) is 47.0 Å². The highest BCUT2D eigenvalue weighted by atomic mass is 32.1. The number of benzene rings is 1. The van der Waals surface area contributed by atoms with E-state index in [0.29, 0.717) is 37.3 Å².